The van der Waals surface area contributed by atoms with Gasteiger partial charge in [0.05, 0.1) is 5.56 Å². The molecule has 0 saturated heterocycles. The van der Waals surface area contributed by atoms with Gasteiger partial charge in [-0.2, -0.15) is 13.2 Å². The fraction of sp³-hybridized carbons (Fsp3) is 0.273. The highest BCUT2D eigenvalue weighted by atomic mass is 19.4. The van der Waals surface area contributed by atoms with Crippen LogP contribution in [0.25, 0.3) is 0 Å². The number of alkyl halides is 3. The van der Waals surface area contributed by atoms with E-state index in [1.165, 1.54) is 30.3 Å². The minimum absolute atomic E-state index is 0.0593. The molecule has 3 nitrogen and oxygen atoms in total. The maximum absolute atomic E-state index is 13.5. The van der Waals surface area contributed by atoms with E-state index in [-0.39, 0.29) is 35.7 Å². The molecule has 0 saturated carbocycles. The molecule has 29 heavy (non-hydrogen) atoms. The van der Waals surface area contributed by atoms with Crippen molar-refractivity contribution >= 4 is 11.7 Å². The molecule has 0 radical (unpaired) electrons. The number of allylic oxidation sites excluding steroid dienone is 2. The van der Waals surface area contributed by atoms with Crippen LogP contribution in [0.2, 0.25) is 0 Å². The van der Waals surface area contributed by atoms with Gasteiger partial charge < -0.3 is 5.32 Å². The first-order chi connectivity index (χ1) is 13.7. The predicted molar refractivity (Wildman–Crippen MR) is 97.4 cm³/mol. The van der Waals surface area contributed by atoms with Gasteiger partial charge in [0.15, 0.2) is 5.78 Å². The number of ketones is 1. The Labute approximate surface area is 164 Å². The zero-order chi connectivity index (χ0) is 20.8. The molecule has 2 aromatic carbocycles. The van der Waals surface area contributed by atoms with Crippen LogP contribution in [-0.4, -0.2) is 11.7 Å². The van der Waals surface area contributed by atoms with E-state index in [1.807, 2.05) is 0 Å². The Hall–Kier alpha value is -2.96. The largest absolute Gasteiger partial charge is 0.416 e. The van der Waals surface area contributed by atoms with E-state index in [9.17, 15) is 27.2 Å². The number of hydrogen-bond acceptors (Lipinski definition) is 2. The number of Topliss-reactive ketones (excluding diaryl/α,β-unsaturated/α-hetero) is 1. The van der Waals surface area contributed by atoms with Crippen molar-refractivity contribution in [2.45, 2.75) is 37.3 Å². The second kappa shape index (κ2) is 7.13. The van der Waals surface area contributed by atoms with Crippen molar-refractivity contribution in [3.05, 3.63) is 82.3 Å². The number of halogens is 4. The first-order valence-corrected chi connectivity index (χ1v) is 9.21. The van der Waals surface area contributed by atoms with Crippen molar-refractivity contribution in [2.75, 3.05) is 0 Å². The van der Waals surface area contributed by atoms with Crippen LogP contribution < -0.4 is 5.32 Å². The molecule has 150 valence electrons. The van der Waals surface area contributed by atoms with Gasteiger partial charge in [-0.05, 0) is 41.7 Å². The van der Waals surface area contributed by atoms with Gasteiger partial charge in [-0.15, -0.1) is 0 Å². The summed E-state index contributed by atoms with van der Waals surface area (Å²) in [7, 11) is 0. The monoisotopic (exact) mass is 403 g/mol. The average molecular weight is 403 g/mol. The summed E-state index contributed by atoms with van der Waals surface area (Å²) in [5, 5.41) is 2.68. The highest BCUT2D eigenvalue weighted by Gasteiger charge is 2.42. The van der Waals surface area contributed by atoms with E-state index in [1.54, 1.807) is 12.1 Å². The molecule has 0 fully saturated rings. The van der Waals surface area contributed by atoms with Gasteiger partial charge in [-0.25, -0.2) is 4.39 Å². The molecule has 1 heterocycles. The SMILES string of the molecule is O=C1C[C@@H](c2ccccc2C(F)(F)F)C2=C(C[C@@H](c3ccc(F)cc3)CC2=O)N1. The number of carbonyl (C=O) groups excluding carboxylic acids is 2. The van der Waals surface area contributed by atoms with Crippen LogP contribution in [0, 0.1) is 5.82 Å². The molecule has 7 heteroatoms. The molecule has 1 N–H and O–H groups in total. The molecule has 1 aliphatic carbocycles. The second-order valence-corrected chi connectivity index (χ2v) is 7.36. The highest BCUT2D eigenvalue weighted by Crippen LogP contribution is 2.45. The van der Waals surface area contributed by atoms with Gasteiger partial charge >= 0.3 is 6.18 Å². The van der Waals surface area contributed by atoms with Crippen molar-refractivity contribution in [1.82, 2.24) is 5.32 Å². The molecule has 0 bridgehead atoms. The van der Waals surface area contributed by atoms with Gasteiger partial charge in [-0.1, -0.05) is 30.3 Å². The molecule has 0 aromatic heterocycles. The number of rotatable bonds is 2. The van der Waals surface area contributed by atoms with Crippen LogP contribution in [0.3, 0.4) is 0 Å². The van der Waals surface area contributed by atoms with Gasteiger partial charge in [0, 0.05) is 30.0 Å². The average Bonchev–Trinajstić information content (AvgIpc) is 2.67. The Morgan fingerprint density at radius 2 is 1.59 bits per heavy atom. The third-order valence-corrected chi connectivity index (χ3v) is 5.52. The van der Waals surface area contributed by atoms with E-state index in [4.69, 9.17) is 0 Å². The van der Waals surface area contributed by atoms with Crippen LogP contribution in [0.5, 0.6) is 0 Å². The van der Waals surface area contributed by atoms with Crippen LogP contribution in [-0.2, 0) is 15.8 Å². The second-order valence-electron chi connectivity index (χ2n) is 7.36. The molecule has 0 spiro atoms. The lowest BCUT2D eigenvalue weighted by Crippen LogP contribution is -2.38. The van der Waals surface area contributed by atoms with Crippen LogP contribution >= 0.6 is 0 Å². The number of carbonyl (C=O) groups is 2. The molecule has 2 atom stereocenters. The van der Waals surface area contributed by atoms with Crippen molar-refractivity contribution in [3.8, 4) is 0 Å². The van der Waals surface area contributed by atoms with E-state index in [0.29, 0.717) is 12.1 Å². The summed E-state index contributed by atoms with van der Waals surface area (Å²) in [6, 6.07) is 10.8. The standard InChI is InChI=1S/C22H17F4NO2/c23-14-7-5-12(6-8-14)13-9-18-21(19(28)10-13)16(11-20(29)27-18)15-3-1-2-4-17(15)22(24,25)26/h1-8,13,16H,9-11H2,(H,27,29)/t13-,16+/m1/s1. The van der Waals surface area contributed by atoms with E-state index in [2.05, 4.69) is 5.32 Å². The fourth-order valence-corrected chi connectivity index (χ4v) is 4.26. The zero-order valence-electron chi connectivity index (χ0n) is 15.2. The van der Waals surface area contributed by atoms with E-state index >= 15 is 0 Å². The minimum atomic E-state index is -4.58. The summed E-state index contributed by atoms with van der Waals surface area (Å²) < 4.78 is 53.7. The normalized spacial score (nSPS) is 22.3. The Kier molecular flexibility index (Phi) is 4.76. The summed E-state index contributed by atoms with van der Waals surface area (Å²) >= 11 is 0. The smallest absolute Gasteiger partial charge is 0.329 e. The molecule has 2 aliphatic rings. The maximum Gasteiger partial charge on any atom is 0.416 e. The molecule has 1 aliphatic heterocycles. The van der Waals surface area contributed by atoms with Gasteiger partial charge in [0.25, 0.3) is 0 Å². The topological polar surface area (TPSA) is 46.2 Å². The van der Waals surface area contributed by atoms with Crippen molar-refractivity contribution in [2.24, 2.45) is 0 Å². The van der Waals surface area contributed by atoms with E-state index < -0.39 is 29.4 Å². The summed E-state index contributed by atoms with van der Waals surface area (Å²) in [5.74, 6) is -2.30. The Bertz CT molecular complexity index is 1010. The van der Waals surface area contributed by atoms with Crippen LogP contribution in [0.4, 0.5) is 17.6 Å². The fourth-order valence-electron chi connectivity index (χ4n) is 4.26. The molecule has 2 aromatic rings. The number of benzene rings is 2. The predicted octanol–water partition coefficient (Wildman–Crippen LogP) is 4.85. The molecule has 1 amide bonds. The molecular weight excluding hydrogens is 386 g/mol. The molecular formula is C22H17F4NO2. The number of amides is 1. The van der Waals surface area contributed by atoms with Crippen molar-refractivity contribution < 1.29 is 27.2 Å². The van der Waals surface area contributed by atoms with Crippen LogP contribution in [0.15, 0.2) is 59.8 Å². The summed E-state index contributed by atoms with van der Waals surface area (Å²) in [6.07, 6.45) is -4.38. The Morgan fingerprint density at radius 1 is 0.897 bits per heavy atom. The van der Waals surface area contributed by atoms with Crippen LogP contribution in [0.1, 0.15) is 47.8 Å². The zero-order valence-corrected chi connectivity index (χ0v) is 15.2. The number of hydrogen-bond donors (Lipinski definition) is 1. The summed E-state index contributed by atoms with van der Waals surface area (Å²) in [5.41, 5.74) is 0.475. The van der Waals surface area contributed by atoms with Crippen molar-refractivity contribution in [1.29, 1.82) is 0 Å². The minimum Gasteiger partial charge on any atom is -0.329 e. The Balaban J connectivity index is 1.76. The summed E-state index contributed by atoms with van der Waals surface area (Å²) in [4.78, 5) is 25.2. The highest BCUT2D eigenvalue weighted by molar-refractivity contribution is 6.02. The van der Waals surface area contributed by atoms with Crippen molar-refractivity contribution in [3.63, 3.8) is 0 Å². The third kappa shape index (κ3) is 3.69. The lowest BCUT2D eigenvalue weighted by molar-refractivity contribution is -0.138. The third-order valence-electron chi connectivity index (χ3n) is 5.52. The summed E-state index contributed by atoms with van der Waals surface area (Å²) in [6.45, 7) is 0. The number of nitrogens with one attached hydrogen (secondary N) is 1. The molecule has 4 rings (SSSR count). The first kappa shape index (κ1) is 19.4. The molecule has 0 unspecified atom stereocenters. The maximum atomic E-state index is 13.5. The quantitative estimate of drug-likeness (QED) is 0.729. The van der Waals surface area contributed by atoms with Gasteiger partial charge in [0.1, 0.15) is 5.82 Å². The lowest BCUT2D eigenvalue weighted by atomic mass is 9.72. The van der Waals surface area contributed by atoms with E-state index in [0.717, 1.165) is 11.6 Å². The Morgan fingerprint density at radius 3 is 2.28 bits per heavy atom. The van der Waals surface area contributed by atoms with Gasteiger partial charge in [-0.3, -0.25) is 9.59 Å². The first-order valence-electron chi connectivity index (χ1n) is 9.21. The lowest BCUT2D eigenvalue weighted by Gasteiger charge is -2.35. The van der Waals surface area contributed by atoms with Gasteiger partial charge in [0.2, 0.25) is 5.91 Å².